The molecule has 0 aromatic carbocycles. The molecule has 0 aliphatic heterocycles. The van der Waals surface area contributed by atoms with E-state index in [1.807, 2.05) is 0 Å². The Kier molecular flexibility index (Phi) is 28100. The molecule has 0 nitrogen and oxygen atoms in total. The zero-order valence-corrected chi connectivity index (χ0v) is 7.30. The summed E-state index contributed by atoms with van der Waals surface area (Å²) in [5.41, 5.74) is 0. The van der Waals surface area contributed by atoms with Gasteiger partial charge < -0.3 is 23.5 Å². The molecule has 0 atom stereocenters. The maximum atomic E-state index is 0. The Morgan fingerprint density at radius 3 is 0.429 bits per heavy atom. The van der Waals surface area contributed by atoms with Crippen LogP contribution in [-0.2, 0) is 19.5 Å². The molecular formula is AlF5Zn. The number of halogens is 5. The molecule has 0 fully saturated rings. The van der Waals surface area contributed by atoms with E-state index >= 15 is 0 Å². The Balaban J connectivity index is 0. The second-order valence-corrected chi connectivity index (χ2v) is 0. The average molecular weight is 187 g/mol. The Bertz CT molecular complexity index is 8.04. The van der Waals surface area contributed by atoms with Crippen molar-refractivity contribution < 1.29 is 43.0 Å². The maximum absolute atomic E-state index is 0. The van der Waals surface area contributed by atoms with Gasteiger partial charge in [-0.1, -0.05) is 0 Å². The molecule has 0 radical (unpaired) electrons. The molecule has 0 amide bonds. The fourth-order valence-electron chi connectivity index (χ4n) is 0. The largest absolute Gasteiger partial charge is 3.00 e. The van der Waals surface area contributed by atoms with Crippen LogP contribution in [0.4, 0.5) is 0 Å². The van der Waals surface area contributed by atoms with Crippen molar-refractivity contribution in [1.82, 2.24) is 0 Å². The first kappa shape index (κ1) is 557. The van der Waals surface area contributed by atoms with Gasteiger partial charge >= 0.3 is 36.8 Å². The third-order valence-electron chi connectivity index (χ3n) is 0. The topological polar surface area (TPSA) is 0 Å². The van der Waals surface area contributed by atoms with Crippen LogP contribution in [0.15, 0.2) is 0 Å². The minimum absolute atomic E-state index is 0. The minimum Gasteiger partial charge on any atom is -1.00 e. The monoisotopic (exact) mass is 186 g/mol. The third-order valence-corrected chi connectivity index (χ3v) is 0. The number of rotatable bonds is 0. The predicted molar refractivity (Wildman–Crippen MR) is 5.75 cm³/mol. The average Bonchev–Trinajstić information content (AvgIpc) is 0. The summed E-state index contributed by atoms with van der Waals surface area (Å²) in [5.74, 6) is 0. The van der Waals surface area contributed by atoms with Gasteiger partial charge in [-0.25, -0.2) is 0 Å². The van der Waals surface area contributed by atoms with Gasteiger partial charge in [0, 0.05) is 0 Å². The van der Waals surface area contributed by atoms with Crippen molar-refractivity contribution in [2.24, 2.45) is 0 Å². The van der Waals surface area contributed by atoms with E-state index in [4.69, 9.17) is 0 Å². The van der Waals surface area contributed by atoms with Crippen molar-refractivity contribution in [3.05, 3.63) is 0 Å². The van der Waals surface area contributed by atoms with E-state index in [1.54, 1.807) is 0 Å². The zero-order chi connectivity index (χ0) is 0. The molecule has 0 aliphatic rings. The molecule has 0 saturated carbocycles. The first-order valence-corrected chi connectivity index (χ1v) is 0. The van der Waals surface area contributed by atoms with E-state index in [0.29, 0.717) is 0 Å². The summed E-state index contributed by atoms with van der Waals surface area (Å²) >= 11 is 0. The molecule has 0 rings (SSSR count). The second kappa shape index (κ2) is 353. The van der Waals surface area contributed by atoms with Crippen molar-refractivity contribution in [3.8, 4) is 0 Å². The van der Waals surface area contributed by atoms with Crippen molar-refractivity contribution >= 4 is 17.4 Å². The van der Waals surface area contributed by atoms with Gasteiger partial charge in [0.1, 0.15) is 0 Å². The SMILES string of the molecule is [Al+3].[F-].[F-].[F-].[F-].[F-].[Zn+2]. The summed E-state index contributed by atoms with van der Waals surface area (Å²) in [5, 5.41) is 0. The normalized spacial score (nSPS) is 0. The van der Waals surface area contributed by atoms with Gasteiger partial charge in [-0.15, -0.1) is 0 Å². The molecule has 0 spiro atoms. The van der Waals surface area contributed by atoms with E-state index in [0.717, 1.165) is 0 Å². The molecule has 0 aromatic heterocycles. The summed E-state index contributed by atoms with van der Waals surface area (Å²) in [7, 11) is 0. The van der Waals surface area contributed by atoms with Crippen LogP contribution in [0.1, 0.15) is 0 Å². The summed E-state index contributed by atoms with van der Waals surface area (Å²) in [6, 6.07) is 0. The van der Waals surface area contributed by atoms with Crippen LogP contribution in [0, 0.1) is 0 Å². The molecule has 0 bridgehead atoms. The van der Waals surface area contributed by atoms with Crippen LogP contribution in [-0.4, -0.2) is 17.4 Å². The van der Waals surface area contributed by atoms with Crippen LogP contribution in [0.2, 0.25) is 0 Å². The van der Waals surface area contributed by atoms with E-state index in [2.05, 4.69) is 0 Å². The molecule has 40 valence electrons. The molecule has 0 heterocycles. The molecule has 0 saturated heterocycles. The predicted octanol–water partition coefficient (Wildman–Crippen LogP) is -15.4. The van der Waals surface area contributed by atoms with Crippen LogP contribution < -0.4 is 23.5 Å². The Morgan fingerprint density at radius 2 is 0.429 bits per heavy atom. The van der Waals surface area contributed by atoms with Gasteiger partial charge in [-0.3, -0.25) is 0 Å². The Hall–Kier alpha value is 0.806. The van der Waals surface area contributed by atoms with Crippen LogP contribution >= 0.6 is 0 Å². The van der Waals surface area contributed by atoms with E-state index in [9.17, 15) is 0 Å². The van der Waals surface area contributed by atoms with Gasteiger partial charge in [0.05, 0.1) is 0 Å². The summed E-state index contributed by atoms with van der Waals surface area (Å²) in [6.07, 6.45) is 0. The standard InChI is InChI=1S/Al.5FH.Zn/h;5*1H;/q+3;;;;;;+2/p-5. The first-order chi connectivity index (χ1) is 0. The molecule has 0 aliphatic carbocycles. The van der Waals surface area contributed by atoms with E-state index in [-0.39, 0.29) is 60.4 Å². The third kappa shape index (κ3) is 242. The van der Waals surface area contributed by atoms with Crippen molar-refractivity contribution in [1.29, 1.82) is 0 Å². The van der Waals surface area contributed by atoms with Gasteiger partial charge in [0.15, 0.2) is 0 Å². The zero-order valence-electron chi connectivity index (χ0n) is 3.17. The summed E-state index contributed by atoms with van der Waals surface area (Å²) in [4.78, 5) is 0. The molecule has 0 N–H and O–H groups in total. The summed E-state index contributed by atoms with van der Waals surface area (Å²) < 4.78 is 0. The quantitative estimate of drug-likeness (QED) is 0.261. The number of hydrogen-bond donors (Lipinski definition) is 0. The van der Waals surface area contributed by atoms with Crippen LogP contribution in [0.5, 0.6) is 0 Å². The Morgan fingerprint density at radius 1 is 0.429 bits per heavy atom. The first-order valence-electron chi connectivity index (χ1n) is 0. The van der Waals surface area contributed by atoms with Crippen molar-refractivity contribution in [3.63, 3.8) is 0 Å². The van der Waals surface area contributed by atoms with Gasteiger partial charge in [0.2, 0.25) is 0 Å². The van der Waals surface area contributed by atoms with Crippen molar-refractivity contribution in [2.75, 3.05) is 0 Å². The second-order valence-electron chi connectivity index (χ2n) is 0. The number of hydrogen-bond acceptors (Lipinski definition) is 0. The maximum Gasteiger partial charge on any atom is 3.00 e. The Labute approximate surface area is 60.8 Å². The van der Waals surface area contributed by atoms with E-state index in [1.165, 1.54) is 0 Å². The molecule has 0 aromatic rings. The van der Waals surface area contributed by atoms with Crippen LogP contribution in [0.25, 0.3) is 0 Å². The molecular weight excluding hydrogens is 187 g/mol. The summed E-state index contributed by atoms with van der Waals surface area (Å²) in [6.45, 7) is 0. The molecule has 0 unspecified atom stereocenters. The van der Waals surface area contributed by atoms with Gasteiger partial charge in [0.25, 0.3) is 0 Å². The van der Waals surface area contributed by atoms with E-state index < -0.39 is 0 Å². The molecule has 7 heteroatoms. The van der Waals surface area contributed by atoms with Gasteiger partial charge in [-0.2, -0.15) is 0 Å². The molecule has 7 heavy (non-hydrogen) atoms. The van der Waals surface area contributed by atoms with Gasteiger partial charge in [-0.05, 0) is 0 Å². The minimum atomic E-state index is 0. The smallest absolute Gasteiger partial charge is 1.00 e. The fraction of sp³-hybridized carbons (Fsp3) is 0. The fourth-order valence-corrected chi connectivity index (χ4v) is 0. The van der Waals surface area contributed by atoms with Crippen molar-refractivity contribution in [2.45, 2.75) is 0 Å². The van der Waals surface area contributed by atoms with Crippen LogP contribution in [0.3, 0.4) is 0 Å².